The number of aromatic amines is 1. The summed E-state index contributed by atoms with van der Waals surface area (Å²) >= 11 is 3.27. The first kappa shape index (κ1) is 108. The number of nitrogens with one attached hydrogen (secondary N) is 2. The second-order valence-electron chi connectivity index (χ2n) is 31.2. The van der Waals surface area contributed by atoms with Crippen molar-refractivity contribution in [1.29, 1.82) is 0 Å². The Morgan fingerprint density at radius 2 is 1.06 bits per heavy atom. The SMILES string of the molecule is C#C[Si](C)(C)C.C#Cc1cnccc1NC(=O)OC(C)(C)C.CC(C)(C)OC(=O)n1ccc2cnccc21.COCCCBr.COCCCn1cc(C(=O)C(=O)OC)c2cnccc21.COCCCn1ccc2cnccc21.COc1ccccc1CC(N)=O.C[Si](C)(C)C#Cc1cnccc1N.Cc1cnccc1N.Nc1ccncc1.c1cc2[nH]ccc2cn1. The van der Waals surface area contributed by atoms with Crippen LogP contribution < -0.4 is 33.0 Å². The van der Waals surface area contributed by atoms with Crippen LogP contribution in [0.15, 0.2) is 221 Å². The highest BCUT2D eigenvalue weighted by atomic mass is 79.9. The summed E-state index contributed by atoms with van der Waals surface area (Å²) in [6.07, 6.45) is 47.2. The van der Waals surface area contributed by atoms with E-state index in [9.17, 15) is 24.0 Å². The van der Waals surface area contributed by atoms with Crippen LogP contribution in [-0.4, -0.2) is 176 Å². The molecule has 13 aromatic rings. The number of aromatic nitrogens is 12. The largest absolute Gasteiger partial charge is 0.496 e. The van der Waals surface area contributed by atoms with Crippen molar-refractivity contribution in [2.75, 3.05) is 83.2 Å². The highest BCUT2D eigenvalue weighted by Gasteiger charge is 2.23. The smallest absolute Gasteiger partial charge is 0.418 e. The minimum atomic E-state index is -1.31. The predicted octanol–water partition coefficient (Wildman–Crippen LogP) is 17.5. The van der Waals surface area contributed by atoms with Gasteiger partial charge in [0.1, 0.15) is 33.1 Å². The summed E-state index contributed by atoms with van der Waals surface area (Å²) < 4.78 is 40.4. The topological polar surface area (TPSA) is 400 Å². The minimum absolute atomic E-state index is 0.226. The normalized spacial score (nSPS) is 10.3. The van der Waals surface area contributed by atoms with Crippen LogP contribution in [0.3, 0.4) is 0 Å². The molecule has 1 aromatic carbocycles. The Balaban J connectivity index is 0.000000367. The number of hydrogen-bond acceptors (Lipinski definition) is 23. The van der Waals surface area contributed by atoms with E-state index in [0.717, 1.165) is 99.7 Å². The Kier molecular flexibility index (Phi) is 49.2. The Bertz CT molecular complexity index is 5560. The number of esters is 1. The highest BCUT2D eigenvalue weighted by molar-refractivity contribution is 9.09. The Hall–Kier alpha value is -13.4. The summed E-state index contributed by atoms with van der Waals surface area (Å²) in [7, 11) is 5.44. The third-order valence-corrected chi connectivity index (χ3v) is 18.4. The summed E-state index contributed by atoms with van der Waals surface area (Å²) in [4.78, 5) is 91.9. The van der Waals surface area contributed by atoms with Gasteiger partial charge in [0.25, 0.3) is 5.78 Å². The zero-order chi connectivity index (χ0) is 94.4. The number of nitrogens with zero attached hydrogens (tertiary/aromatic N) is 11. The molecule has 127 heavy (non-hydrogen) atoms. The maximum atomic E-state index is 12.0. The van der Waals surface area contributed by atoms with Gasteiger partial charge >= 0.3 is 18.2 Å². The molecule has 2 amide bonds. The fourth-order valence-electron chi connectivity index (χ4n) is 9.93. The number of para-hydroxylation sites is 1. The fraction of sp³-hybridized carbons (Fsp3) is 0.316. The van der Waals surface area contributed by atoms with Crippen LogP contribution in [0.2, 0.25) is 39.3 Å². The number of ether oxygens (including phenoxy) is 7. The van der Waals surface area contributed by atoms with Crippen molar-refractivity contribution in [2.24, 2.45) is 5.73 Å². The summed E-state index contributed by atoms with van der Waals surface area (Å²) in [5.74, 6) is 4.34. The van der Waals surface area contributed by atoms with Gasteiger partial charge in [-0.15, -0.1) is 23.9 Å². The van der Waals surface area contributed by atoms with E-state index >= 15 is 0 Å². The number of nitrogen functional groups attached to an aromatic ring is 3. The number of terminal acetylenes is 2. The van der Waals surface area contributed by atoms with Crippen molar-refractivity contribution in [3.63, 3.8) is 0 Å². The highest BCUT2D eigenvalue weighted by Crippen LogP contribution is 2.24. The monoisotopic (exact) mass is 1830 g/mol. The number of methoxy groups -OCH3 is 5. The molecule has 0 aliphatic rings. The number of carbonyl (C=O) groups excluding carboxylic acids is 5. The van der Waals surface area contributed by atoms with Crippen molar-refractivity contribution in [1.82, 2.24) is 58.6 Å². The van der Waals surface area contributed by atoms with Gasteiger partial charge < -0.3 is 70.2 Å². The molecule has 0 aliphatic heterocycles. The molecule has 0 fully saturated rings. The number of pyridine rings is 8. The molecule has 0 saturated heterocycles. The van der Waals surface area contributed by atoms with Crippen LogP contribution in [0.5, 0.6) is 5.75 Å². The molecule has 0 saturated carbocycles. The number of anilines is 4. The van der Waals surface area contributed by atoms with Crippen LogP contribution in [0.1, 0.15) is 93.4 Å². The first-order valence-electron chi connectivity index (χ1n) is 40.2. The van der Waals surface area contributed by atoms with Crippen molar-refractivity contribution < 1.29 is 57.1 Å². The van der Waals surface area contributed by atoms with E-state index in [1.54, 1.807) is 178 Å². The molecule has 12 aromatic heterocycles. The number of Topliss-reactive ketones (excluding diaryl/α,β-unsaturated/α-hetero) is 1. The van der Waals surface area contributed by atoms with Gasteiger partial charge in [-0.05, 0) is 152 Å². The van der Waals surface area contributed by atoms with Crippen molar-refractivity contribution in [2.45, 2.75) is 138 Å². The molecule has 0 unspecified atom stereocenters. The summed E-state index contributed by atoms with van der Waals surface area (Å²) in [6, 6.07) is 29.5. The maximum Gasteiger partial charge on any atom is 0.418 e. The Morgan fingerprint density at radius 3 is 1.57 bits per heavy atom. The van der Waals surface area contributed by atoms with Gasteiger partial charge in [0.15, 0.2) is 0 Å². The standard InChI is InChI=1S/C14H16N2O4.2C12H14N2O2.C11H14N2O.C10H14N2Si.C9H11NO2.C7H6N2.C6H8N2.C5H6N2.C5H10Si.C4H9BrO/c1-19-7-3-6-16-9-11(13(17)14(18)20-2)10-8-15-5-4-12(10)16;1-12(2,3)16-11(15)14-7-5-9-8-13-6-4-10(9)14;1-5-9-8-13-7-6-10(9)14-11(15)16-12(2,3)4;1-14-8-2-6-13-7-4-10-9-12-5-3-11(10)13;1-13(2,3)7-5-9-8-12-6-4-10(9)11;1-12-8-5-3-2-4-7(8)6-9(10)11;1-4-9-7-2-3-8-5-6(1)7;1-5-4-8-3-2-6(5)7;6-5-1-3-7-4-2-5;1-5-6(2,3)4;1-6-4-2-3-5/h4-5,8-9H,3,6-7H2,1-2H3;4-8H,1-3H3;1,6-8H,2-4H3,(H,13,14,15);3-5,7,9H,2,6,8H2,1H3;4,6,8H,1-3H3,(H2,11,12);2-5H,6H2,1H3,(H2,10,11);1-5,9H;2-4H,1H3,(H2,7,8);1-4H,(H2,6,7);1H,2-4H3;2-4H2,1H3. The average Bonchev–Trinajstić information content (AvgIpc) is 1.64. The van der Waals surface area contributed by atoms with Crippen molar-refractivity contribution >= 4 is 128 Å². The second-order valence-corrected chi connectivity index (χ2v) is 41.5. The first-order chi connectivity index (χ1) is 60.4. The number of benzene rings is 1. The number of rotatable bonds is 17. The maximum absolute atomic E-state index is 12.0. The first-order valence-corrected chi connectivity index (χ1v) is 48.3. The number of nitrogens with two attached hydrogens (primary N) is 4. The minimum Gasteiger partial charge on any atom is -0.496 e. The molecule has 13 rings (SSSR count). The van der Waals surface area contributed by atoms with Crippen LogP contribution >= 0.6 is 15.9 Å². The third-order valence-electron chi connectivity index (χ3n) is 16.1. The number of ketones is 1. The number of H-pyrrole nitrogens is 1. The Morgan fingerprint density at radius 1 is 0.551 bits per heavy atom. The van der Waals surface area contributed by atoms with Gasteiger partial charge in [-0.1, -0.05) is 85.3 Å². The van der Waals surface area contributed by atoms with Gasteiger partial charge in [-0.2, -0.15) is 0 Å². The zero-order valence-electron chi connectivity index (χ0n) is 76.0. The van der Waals surface area contributed by atoms with E-state index in [1.807, 2.05) is 106 Å². The lowest BCUT2D eigenvalue weighted by Gasteiger charge is -2.19. The lowest BCUT2D eigenvalue weighted by atomic mass is 10.1. The van der Waals surface area contributed by atoms with Crippen LogP contribution in [0.25, 0.3) is 43.6 Å². The number of amides is 2. The van der Waals surface area contributed by atoms with E-state index in [0.29, 0.717) is 46.8 Å². The summed E-state index contributed by atoms with van der Waals surface area (Å²) in [5.41, 5.74) is 36.9. The molecule has 0 atom stereocenters. The molecule has 29 nitrogen and oxygen atoms in total. The summed E-state index contributed by atoms with van der Waals surface area (Å²) in [5, 5.41) is 7.56. The molecule has 10 N–H and O–H groups in total. The number of primary amides is 1. The number of halogens is 1. The molecular weight excluding hydrogens is 1710 g/mol. The van der Waals surface area contributed by atoms with Crippen molar-refractivity contribution in [3.05, 3.63) is 249 Å². The lowest BCUT2D eigenvalue weighted by molar-refractivity contribution is -0.135. The van der Waals surface area contributed by atoms with E-state index in [4.69, 9.17) is 64.2 Å². The molecule has 0 radical (unpaired) electrons. The van der Waals surface area contributed by atoms with Gasteiger partial charge in [-0.25, -0.2) is 14.4 Å². The van der Waals surface area contributed by atoms with Gasteiger partial charge in [0, 0.05) is 228 Å². The lowest BCUT2D eigenvalue weighted by Crippen LogP contribution is -2.27. The second kappa shape index (κ2) is 57.9. The predicted molar refractivity (Wildman–Crippen MR) is 518 cm³/mol. The number of hydrogen-bond donors (Lipinski definition) is 6. The van der Waals surface area contributed by atoms with Crippen LogP contribution in [0.4, 0.5) is 32.3 Å². The van der Waals surface area contributed by atoms with E-state index in [-0.39, 0.29) is 18.4 Å². The number of fused-ring (bicyclic) bond motifs is 4. The van der Waals surface area contributed by atoms with Crippen LogP contribution in [-0.2, 0) is 57.5 Å². The van der Waals surface area contributed by atoms with Gasteiger partial charge in [0.2, 0.25) is 5.91 Å². The van der Waals surface area contributed by atoms with Gasteiger partial charge in [0.05, 0.1) is 65.3 Å². The quantitative estimate of drug-likeness (QED) is 0.00720. The molecule has 32 heteroatoms. The van der Waals surface area contributed by atoms with Crippen molar-refractivity contribution in [3.8, 4) is 41.5 Å². The number of aryl methyl sites for hydroxylation is 3. The molecule has 12 heterocycles. The van der Waals surface area contributed by atoms with E-state index in [1.165, 1.54) is 28.8 Å². The molecule has 0 aliphatic carbocycles. The number of carbonyl (C=O) groups is 5. The average molecular weight is 1830 g/mol. The van der Waals surface area contributed by atoms with E-state index in [2.05, 4.69) is 150 Å². The van der Waals surface area contributed by atoms with Gasteiger partial charge in [-0.3, -0.25) is 59.3 Å². The molecule has 674 valence electrons. The third kappa shape index (κ3) is 44.2. The fourth-order valence-corrected chi connectivity index (χ4v) is 10.7. The Labute approximate surface area is 756 Å². The zero-order valence-corrected chi connectivity index (χ0v) is 79.6. The molecular formula is C95H122BrN17O12Si2. The van der Waals surface area contributed by atoms with Crippen LogP contribution in [0, 0.1) is 42.7 Å². The summed E-state index contributed by atoms with van der Waals surface area (Å²) in [6.45, 7) is 29.9. The molecule has 0 bridgehead atoms. The van der Waals surface area contributed by atoms with E-state index < -0.39 is 45.2 Å². The molecule has 0 spiro atoms. The number of alkyl halides is 1.